The maximum Gasteiger partial charge on any atom is 0.254 e. The van der Waals surface area contributed by atoms with Gasteiger partial charge in [-0.1, -0.05) is 66.7 Å². The summed E-state index contributed by atoms with van der Waals surface area (Å²) in [6.45, 7) is 6.63. The van der Waals surface area contributed by atoms with Crippen LogP contribution in [0.15, 0.2) is 72.8 Å². The number of aryl methyl sites for hydroxylation is 2. The van der Waals surface area contributed by atoms with Crippen LogP contribution in [0.25, 0.3) is 11.1 Å². The lowest BCUT2D eigenvalue weighted by molar-refractivity contribution is 0.0637. The maximum absolute atomic E-state index is 13.6. The molecule has 1 fully saturated rings. The zero-order valence-corrected chi connectivity index (χ0v) is 17.2. The first-order valence-electron chi connectivity index (χ1n) is 10.4. The molecule has 1 saturated heterocycles. The van der Waals surface area contributed by atoms with Gasteiger partial charge < -0.3 is 10.2 Å². The highest BCUT2D eigenvalue weighted by atomic mass is 16.2. The highest BCUT2D eigenvalue weighted by molar-refractivity contribution is 6.01. The zero-order valence-electron chi connectivity index (χ0n) is 17.2. The highest BCUT2D eigenvalue weighted by Crippen LogP contribution is 2.27. The monoisotopic (exact) mass is 384 g/mol. The van der Waals surface area contributed by atoms with Crippen molar-refractivity contribution in [3.8, 4) is 11.1 Å². The van der Waals surface area contributed by atoms with Gasteiger partial charge in [0.15, 0.2) is 0 Å². The van der Waals surface area contributed by atoms with E-state index in [0.717, 1.165) is 42.7 Å². The van der Waals surface area contributed by atoms with Crippen molar-refractivity contribution in [1.82, 2.24) is 10.2 Å². The van der Waals surface area contributed by atoms with Crippen LogP contribution in [0.2, 0.25) is 0 Å². The van der Waals surface area contributed by atoms with Crippen molar-refractivity contribution in [3.63, 3.8) is 0 Å². The lowest BCUT2D eigenvalue weighted by Gasteiger charge is -2.37. The maximum atomic E-state index is 13.6. The van der Waals surface area contributed by atoms with Gasteiger partial charge in [0.1, 0.15) is 0 Å². The molecule has 3 aromatic carbocycles. The Labute approximate surface area is 173 Å². The number of carbonyl (C=O) groups is 1. The Balaban J connectivity index is 1.65. The number of nitrogens with one attached hydrogen (secondary N) is 1. The van der Waals surface area contributed by atoms with Gasteiger partial charge in [0, 0.05) is 31.2 Å². The van der Waals surface area contributed by atoms with Crippen molar-refractivity contribution >= 4 is 5.91 Å². The summed E-state index contributed by atoms with van der Waals surface area (Å²) < 4.78 is 0. The molecule has 3 nitrogen and oxygen atoms in total. The number of rotatable bonds is 4. The molecule has 0 aliphatic carbocycles. The number of piperazine rings is 1. The van der Waals surface area contributed by atoms with Gasteiger partial charge in [-0.15, -0.1) is 0 Å². The van der Waals surface area contributed by atoms with E-state index in [2.05, 4.69) is 72.6 Å². The number of carbonyl (C=O) groups excluding carboxylic acids is 1. The summed E-state index contributed by atoms with van der Waals surface area (Å²) in [7, 11) is 0. The summed E-state index contributed by atoms with van der Waals surface area (Å²) in [4.78, 5) is 15.7. The van der Waals surface area contributed by atoms with E-state index in [1.165, 1.54) is 16.7 Å². The molecule has 1 aliphatic rings. The summed E-state index contributed by atoms with van der Waals surface area (Å²) in [5.74, 6) is 0.126. The minimum absolute atomic E-state index is 0.126. The second-order valence-electron chi connectivity index (χ2n) is 7.89. The molecule has 3 heteroatoms. The molecule has 0 bridgehead atoms. The molecule has 1 amide bonds. The van der Waals surface area contributed by atoms with Gasteiger partial charge in [-0.3, -0.25) is 4.79 Å². The first-order chi connectivity index (χ1) is 14.1. The minimum Gasteiger partial charge on any atom is -0.333 e. The van der Waals surface area contributed by atoms with Gasteiger partial charge in [0.05, 0.1) is 0 Å². The van der Waals surface area contributed by atoms with Gasteiger partial charge >= 0.3 is 0 Å². The molecule has 1 unspecified atom stereocenters. The third-order valence-electron chi connectivity index (χ3n) is 5.90. The van der Waals surface area contributed by atoms with Crippen LogP contribution in [0.5, 0.6) is 0 Å². The van der Waals surface area contributed by atoms with Crippen molar-refractivity contribution < 1.29 is 4.79 Å². The van der Waals surface area contributed by atoms with Gasteiger partial charge in [-0.25, -0.2) is 0 Å². The molecule has 1 aliphatic heterocycles. The SMILES string of the molecule is Cc1ccc(-c2ccccc2C(=O)N2CCNCC2Cc2ccccc2)cc1C. The van der Waals surface area contributed by atoms with E-state index in [9.17, 15) is 4.79 Å². The predicted molar refractivity (Wildman–Crippen MR) is 119 cm³/mol. The smallest absolute Gasteiger partial charge is 0.254 e. The fraction of sp³-hybridized carbons (Fsp3) is 0.269. The average Bonchev–Trinajstić information content (AvgIpc) is 2.76. The Kier molecular flexibility index (Phi) is 5.77. The molecule has 0 radical (unpaired) electrons. The zero-order chi connectivity index (χ0) is 20.2. The highest BCUT2D eigenvalue weighted by Gasteiger charge is 2.28. The van der Waals surface area contributed by atoms with Crippen molar-refractivity contribution in [1.29, 1.82) is 0 Å². The van der Waals surface area contributed by atoms with Gasteiger partial charge in [0.2, 0.25) is 0 Å². The number of hydrogen-bond acceptors (Lipinski definition) is 2. The lowest BCUT2D eigenvalue weighted by atomic mass is 9.95. The molecule has 4 rings (SSSR count). The standard InChI is InChI=1S/C26H28N2O/c1-19-12-13-22(16-20(19)2)24-10-6-7-11-25(24)26(29)28-15-14-27-18-23(28)17-21-8-4-3-5-9-21/h3-13,16,23,27H,14-15,17-18H2,1-2H3. The average molecular weight is 385 g/mol. The van der Waals surface area contributed by atoms with Crippen molar-refractivity contribution in [2.75, 3.05) is 19.6 Å². The first-order valence-corrected chi connectivity index (χ1v) is 10.4. The molecule has 3 aromatic rings. The molecule has 1 heterocycles. The minimum atomic E-state index is 0.126. The summed E-state index contributed by atoms with van der Waals surface area (Å²) in [6.07, 6.45) is 0.866. The van der Waals surface area contributed by atoms with Crippen LogP contribution in [-0.2, 0) is 6.42 Å². The fourth-order valence-electron chi connectivity index (χ4n) is 4.08. The van der Waals surface area contributed by atoms with E-state index in [1.807, 2.05) is 24.3 Å². The largest absolute Gasteiger partial charge is 0.333 e. The second-order valence-corrected chi connectivity index (χ2v) is 7.89. The second kappa shape index (κ2) is 8.62. The molecular weight excluding hydrogens is 356 g/mol. The Morgan fingerprint density at radius 1 is 0.966 bits per heavy atom. The molecule has 29 heavy (non-hydrogen) atoms. The van der Waals surface area contributed by atoms with E-state index in [1.54, 1.807) is 0 Å². The van der Waals surface area contributed by atoms with Crippen LogP contribution >= 0.6 is 0 Å². The Bertz CT molecular complexity index is 997. The van der Waals surface area contributed by atoms with Crippen LogP contribution in [0.3, 0.4) is 0 Å². The number of hydrogen-bond donors (Lipinski definition) is 1. The predicted octanol–water partition coefficient (Wildman–Crippen LogP) is 4.63. The summed E-state index contributed by atoms with van der Waals surface area (Å²) >= 11 is 0. The third kappa shape index (κ3) is 4.25. The van der Waals surface area contributed by atoms with Crippen molar-refractivity contribution in [3.05, 3.63) is 95.1 Å². The summed E-state index contributed by atoms with van der Waals surface area (Å²) in [5.41, 5.74) is 6.68. The van der Waals surface area contributed by atoms with E-state index in [0.29, 0.717) is 0 Å². The van der Waals surface area contributed by atoms with Crippen molar-refractivity contribution in [2.45, 2.75) is 26.3 Å². The van der Waals surface area contributed by atoms with E-state index < -0.39 is 0 Å². The molecule has 1 N–H and O–H groups in total. The van der Waals surface area contributed by atoms with Crippen LogP contribution < -0.4 is 5.32 Å². The summed E-state index contributed by atoms with van der Waals surface area (Å²) in [6, 6.07) is 25.0. The molecule has 1 atom stereocenters. The fourth-order valence-corrected chi connectivity index (χ4v) is 4.08. The van der Waals surface area contributed by atoms with E-state index in [4.69, 9.17) is 0 Å². The summed E-state index contributed by atoms with van der Waals surface area (Å²) in [5, 5.41) is 3.46. The van der Waals surface area contributed by atoms with Gasteiger partial charge in [-0.2, -0.15) is 0 Å². The number of nitrogens with zero attached hydrogens (tertiary/aromatic N) is 1. The van der Waals surface area contributed by atoms with Crippen LogP contribution in [-0.4, -0.2) is 36.5 Å². The van der Waals surface area contributed by atoms with E-state index >= 15 is 0 Å². The van der Waals surface area contributed by atoms with Gasteiger partial charge in [0.25, 0.3) is 5.91 Å². The molecule has 0 spiro atoms. The first kappa shape index (κ1) is 19.4. The number of benzene rings is 3. The molecule has 148 valence electrons. The normalized spacial score (nSPS) is 16.6. The topological polar surface area (TPSA) is 32.3 Å². The van der Waals surface area contributed by atoms with Crippen LogP contribution in [0.1, 0.15) is 27.0 Å². The van der Waals surface area contributed by atoms with Gasteiger partial charge in [-0.05, 0) is 54.2 Å². The Hall–Kier alpha value is -2.91. The molecule has 0 saturated carbocycles. The number of amides is 1. The quantitative estimate of drug-likeness (QED) is 0.711. The van der Waals surface area contributed by atoms with E-state index in [-0.39, 0.29) is 11.9 Å². The third-order valence-corrected chi connectivity index (χ3v) is 5.90. The molecule has 0 aromatic heterocycles. The Morgan fingerprint density at radius 3 is 2.52 bits per heavy atom. The van der Waals surface area contributed by atoms with Crippen LogP contribution in [0.4, 0.5) is 0 Å². The Morgan fingerprint density at radius 2 is 1.72 bits per heavy atom. The lowest BCUT2D eigenvalue weighted by Crippen LogP contribution is -2.54. The molecular formula is C26H28N2O. The van der Waals surface area contributed by atoms with Crippen LogP contribution in [0, 0.1) is 13.8 Å². The van der Waals surface area contributed by atoms with Crippen molar-refractivity contribution in [2.24, 2.45) is 0 Å².